The van der Waals surface area contributed by atoms with E-state index in [9.17, 15) is 4.79 Å². The van der Waals surface area contributed by atoms with E-state index in [0.717, 1.165) is 16.5 Å². The summed E-state index contributed by atoms with van der Waals surface area (Å²) in [7, 11) is 0. The Labute approximate surface area is 143 Å². The predicted octanol–water partition coefficient (Wildman–Crippen LogP) is 4.15. The summed E-state index contributed by atoms with van der Waals surface area (Å²) in [5.41, 5.74) is 2.08. The lowest BCUT2D eigenvalue weighted by Crippen LogP contribution is -2.30. The predicted molar refractivity (Wildman–Crippen MR) is 92.5 cm³/mol. The van der Waals surface area contributed by atoms with Crippen molar-refractivity contribution in [2.75, 3.05) is 13.2 Å². The van der Waals surface area contributed by atoms with Gasteiger partial charge in [0, 0.05) is 11.0 Å². The zero-order chi connectivity index (χ0) is 15.9. The molecular weight excluding hydrogens is 366 g/mol. The van der Waals surface area contributed by atoms with Gasteiger partial charge in [0.1, 0.15) is 5.75 Å². The maximum Gasteiger partial charge on any atom is 0.257 e. The minimum absolute atomic E-state index is 0.0447. The number of rotatable bonds is 6. The quantitative estimate of drug-likeness (QED) is 0.815. The minimum atomic E-state index is -0.158. The second-order valence-electron chi connectivity index (χ2n) is 4.91. The summed E-state index contributed by atoms with van der Waals surface area (Å²) >= 11 is 9.48. The van der Waals surface area contributed by atoms with Crippen molar-refractivity contribution in [3.63, 3.8) is 0 Å². The number of amides is 1. The van der Waals surface area contributed by atoms with Gasteiger partial charge in [0.15, 0.2) is 6.61 Å². The van der Waals surface area contributed by atoms with Crippen LogP contribution in [0.25, 0.3) is 0 Å². The molecule has 1 amide bonds. The fourth-order valence-corrected chi connectivity index (χ4v) is 3.08. The molecule has 0 aliphatic carbocycles. The third-order valence-corrected chi connectivity index (χ3v) is 3.86. The Morgan fingerprint density at radius 1 is 1.27 bits per heavy atom. The fourth-order valence-electron chi connectivity index (χ4n) is 2.05. The molecule has 1 N–H and O–H groups in total. The molecule has 0 fully saturated rings. The molecule has 0 saturated heterocycles. The van der Waals surface area contributed by atoms with Crippen molar-refractivity contribution in [1.82, 2.24) is 5.32 Å². The van der Waals surface area contributed by atoms with Crippen LogP contribution >= 0.6 is 27.5 Å². The van der Waals surface area contributed by atoms with Crippen LogP contribution in [-0.2, 0) is 11.2 Å². The van der Waals surface area contributed by atoms with Crippen LogP contribution < -0.4 is 10.1 Å². The van der Waals surface area contributed by atoms with Gasteiger partial charge in [0.05, 0.1) is 5.02 Å². The number of hydrogen-bond acceptors (Lipinski definition) is 2. The summed E-state index contributed by atoms with van der Waals surface area (Å²) in [4.78, 5) is 11.8. The van der Waals surface area contributed by atoms with Gasteiger partial charge in [-0.1, -0.05) is 57.9 Å². The van der Waals surface area contributed by atoms with E-state index in [1.807, 2.05) is 43.3 Å². The Kier molecular flexibility index (Phi) is 6.28. The highest BCUT2D eigenvalue weighted by molar-refractivity contribution is 9.10. The van der Waals surface area contributed by atoms with Gasteiger partial charge in [-0.15, -0.1) is 0 Å². The van der Waals surface area contributed by atoms with Crippen molar-refractivity contribution in [2.45, 2.75) is 13.3 Å². The van der Waals surface area contributed by atoms with Gasteiger partial charge in [-0.3, -0.25) is 4.79 Å². The lowest BCUT2D eigenvalue weighted by atomic mass is 10.1. The number of hydrogen-bond donors (Lipinski definition) is 1. The molecule has 5 heteroatoms. The first-order valence-electron chi connectivity index (χ1n) is 6.95. The highest BCUT2D eigenvalue weighted by atomic mass is 79.9. The van der Waals surface area contributed by atoms with Crippen LogP contribution in [-0.4, -0.2) is 19.1 Å². The molecule has 0 spiro atoms. The smallest absolute Gasteiger partial charge is 0.257 e. The molecule has 116 valence electrons. The maximum absolute atomic E-state index is 11.8. The average molecular weight is 383 g/mol. The van der Waals surface area contributed by atoms with Gasteiger partial charge in [-0.2, -0.15) is 0 Å². The van der Waals surface area contributed by atoms with E-state index in [4.69, 9.17) is 16.3 Å². The average Bonchev–Trinajstić information content (AvgIpc) is 2.47. The number of aryl methyl sites for hydroxylation is 1. The zero-order valence-electron chi connectivity index (χ0n) is 12.2. The monoisotopic (exact) mass is 381 g/mol. The third kappa shape index (κ3) is 5.04. The number of nitrogens with one attached hydrogen (secondary N) is 1. The molecule has 0 aliphatic heterocycles. The number of carbonyl (C=O) groups is 1. The summed E-state index contributed by atoms with van der Waals surface area (Å²) in [5, 5.41) is 3.33. The number of benzene rings is 2. The Morgan fingerprint density at radius 2 is 2.00 bits per heavy atom. The van der Waals surface area contributed by atoms with Crippen LogP contribution in [0.2, 0.25) is 5.02 Å². The normalized spacial score (nSPS) is 10.3. The molecule has 0 aliphatic rings. The SMILES string of the molecule is Cc1cc(Br)cc(Cl)c1OCC(=O)NCCc1ccccc1. The first kappa shape index (κ1) is 16.8. The van der Waals surface area contributed by atoms with Crippen molar-refractivity contribution < 1.29 is 9.53 Å². The van der Waals surface area contributed by atoms with Crippen LogP contribution in [0.5, 0.6) is 5.75 Å². The summed E-state index contributed by atoms with van der Waals surface area (Å²) in [5.74, 6) is 0.386. The van der Waals surface area contributed by atoms with E-state index >= 15 is 0 Å². The van der Waals surface area contributed by atoms with Crippen molar-refractivity contribution in [3.05, 3.63) is 63.1 Å². The number of halogens is 2. The largest absolute Gasteiger partial charge is 0.482 e. The third-order valence-electron chi connectivity index (χ3n) is 3.12. The van der Waals surface area contributed by atoms with E-state index < -0.39 is 0 Å². The summed E-state index contributed by atoms with van der Waals surface area (Å²) in [6, 6.07) is 13.7. The van der Waals surface area contributed by atoms with E-state index in [1.54, 1.807) is 6.07 Å². The van der Waals surface area contributed by atoms with Crippen molar-refractivity contribution in [1.29, 1.82) is 0 Å². The van der Waals surface area contributed by atoms with Crippen LogP contribution in [0.15, 0.2) is 46.9 Å². The lowest BCUT2D eigenvalue weighted by molar-refractivity contribution is -0.123. The Hall–Kier alpha value is -1.52. The van der Waals surface area contributed by atoms with Crippen molar-refractivity contribution in [3.8, 4) is 5.75 Å². The molecule has 0 bridgehead atoms. The molecule has 0 atom stereocenters. The van der Waals surface area contributed by atoms with Crippen molar-refractivity contribution in [2.24, 2.45) is 0 Å². The fraction of sp³-hybridized carbons (Fsp3) is 0.235. The molecule has 2 aromatic rings. The Balaban J connectivity index is 1.79. The Bertz CT molecular complexity index is 623. The molecule has 2 aromatic carbocycles. The van der Waals surface area contributed by atoms with Crippen LogP contribution in [0, 0.1) is 6.92 Å². The first-order valence-corrected chi connectivity index (χ1v) is 8.12. The zero-order valence-corrected chi connectivity index (χ0v) is 14.6. The van der Waals surface area contributed by atoms with Gasteiger partial charge < -0.3 is 10.1 Å². The second-order valence-corrected chi connectivity index (χ2v) is 6.23. The van der Waals surface area contributed by atoms with Gasteiger partial charge in [-0.25, -0.2) is 0 Å². The second kappa shape index (κ2) is 8.20. The van der Waals surface area contributed by atoms with Crippen LogP contribution in [0.1, 0.15) is 11.1 Å². The maximum atomic E-state index is 11.8. The van der Waals surface area contributed by atoms with E-state index in [1.165, 1.54) is 5.56 Å². The first-order chi connectivity index (χ1) is 10.6. The number of ether oxygens (including phenoxy) is 1. The van der Waals surface area contributed by atoms with Gasteiger partial charge in [-0.05, 0) is 36.6 Å². The molecule has 0 unspecified atom stereocenters. The van der Waals surface area contributed by atoms with Gasteiger partial charge in [0.25, 0.3) is 5.91 Å². The van der Waals surface area contributed by atoms with Gasteiger partial charge in [0.2, 0.25) is 0 Å². The molecule has 3 nitrogen and oxygen atoms in total. The van der Waals surface area contributed by atoms with Gasteiger partial charge >= 0.3 is 0 Å². The topological polar surface area (TPSA) is 38.3 Å². The van der Waals surface area contributed by atoms with E-state index in [-0.39, 0.29) is 12.5 Å². The van der Waals surface area contributed by atoms with Crippen molar-refractivity contribution >= 4 is 33.4 Å². The molecule has 0 heterocycles. The molecule has 0 radical (unpaired) electrons. The molecular formula is C17H17BrClNO2. The number of carbonyl (C=O) groups excluding carboxylic acids is 1. The molecule has 0 aromatic heterocycles. The summed E-state index contributed by atoms with van der Waals surface area (Å²) < 4.78 is 6.41. The summed E-state index contributed by atoms with van der Waals surface area (Å²) in [6.07, 6.45) is 0.796. The lowest BCUT2D eigenvalue weighted by Gasteiger charge is -2.11. The highest BCUT2D eigenvalue weighted by Crippen LogP contribution is 2.31. The molecule has 0 saturated carbocycles. The summed E-state index contributed by atoms with van der Waals surface area (Å²) in [6.45, 7) is 2.43. The highest BCUT2D eigenvalue weighted by Gasteiger charge is 2.09. The van der Waals surface area contributed by atoms with E-state index in [0.29, 0.717) is 17.3 Å². The standard InChI is InChI=1S/C17H17BrClNO2/c1-12-9-14(18)10-15(19)17(12)22-11-16(21)20-8-7-13-5-3-2-4-6-13/h2-6,9-10H,7-8,11H2,1H3,(H,20,21). The van der Waals surface area contributed by atoms with E-state index in [2.05, 4.69) is 21.2 Å². The van der Waals surface area contributed by atoms with Crippen LogP contribution in [0.4, 0.5) is 0 Å². The minimum Gasteiger partial charge on any atom is -0.482 e. The molecule has 22 heavy (non-hydrogen) atoms. The molecule has 2 rings (SSSR count). The Morgan fingerprint density at radius 3 is 2.68 bits per heavy atom. The van der Waals surface area contributed by atoms with Crippen LogP contribution in [0.3, 0.4) is 0 Å².